The van der Waals surface area contributed by atoms with E-state index in [0.29, 0.717) is 18.0 Å². The second-order valence-corrected chi connectivity index (χ2v) is 3.98. The van der Waals surface area contributed by atoms with Crippen molar-refractivity contribution in [2.45, 2.75) is 46.6 Å². The molecule has 0 aromatic carbocycles. The molecule has 1 N–H and O–H groups in total. The minimum absolute atomic E-state index is 0.466. The molecule has 0 spiro atoms. The van der Waals surface area contributed by atoms with E-state index in [2.05, 4.69) is 25.7 Å². The van der Waals surface area contributed by atoms with Crippen LogP contribution in [0.15, 0.2) is 11.6 Å². The summed E-state index contributed by atoms with van der Waals surface area (Å²) in [5.74, 6) is -0.794. The molecule has 0 heterocycles. The number of aliphatic carboxylic acids is 1. The van der Waals surface area contributed by atoms with Crippen LogP contribution in [-0.2, 0) is 4.79 Å². The number of nitrogens with zero attached hydrogens (tertiary/aromatic N) is 1. The van der Waals surface area contributed by atoms with E-state index in [1.165, 1.54) is 0 Å². The van der Waals surface area contributed by atoms with Crippen LogP contribution in [0.2, 0.25) is 0 Å². The Kier molecular flexibility index (Phi) is 7.05. The van der Waals surface area contributed by atoms with Gasteiger partial charge in [-0.25, -0.2) is 4.79 Å². The fraction of sp³-hybridized carbons (Fsp3) is 0.750. The molecule has 0 radical (unpaired) electrons. The van der Waals surface area contributed by atoms with Crippen molar-refractivity contribution in [3.63, 3.8) is 0 Å². The average Bonchev–Trinajstić information content (AvgIpc) is 2.16. The smallest absolute Gasteiger partial charge is 0.331 e. The lowest BCUT2D eigenvalue weighted by molar-refractivity contribution is -0.132. The molecule has 15 heavy (non-hydrogen) atoms. The first kappa shape index (κ1) is 14.2. The standard InChI is InChI=1S/C12H23NO2/c1-5-8-13(10(3)4)9-7-11(6-2)12(14)15/h7,10H,5-6,8-9H2,1-4H3,(H,14,15). The number of hydrogen-bond donors (Lipinski definition) is 1. The minimum atomic E-state index is -0.794. The molecule has 0 unspecified atom stereocenters. The molecule has 0 rings (SSSR count). The fourth-order valence-electron chi connectivity index (χ4n) is 1.46. The van der Waals surface area contributed by atoms with Crippen LogP contribution in [0.5, 0.6) is 0 Å². The number of hydrogen-bond acceptors (Lipinski definition) is 2. The summed E-state index contributed by atoms with van der Waals surface area (Å²) < 4.78 is 0. The Bertz CT molecular complexity index is 222. The summed E-state index contributed by atoms with van der Waals surface area (Å²) in [5, 5.41) is 8.87. The van der Waals surface area contributed by atoms with Gasteiger partial charge in [-0.15, -0.1) is 0 Å². The highest BCUT2D eigenvalue weighted by Crippen LogP contribution is 2.04. The van der Waals surface area contributed by atoms with Gasteiger partial charge in [0.15, 0.2) is 0 Å². The molecular weight excluding hydrogens is 190 g/mol. The zero-order chi connectivity index (χ0) is 11.8. The van der Waals surface area contributed by atoms with Crippen LogP contribution in [-0.4, -0.2) is 35.1 Å². The van der Waals surface area contributed by atoms with Crippen molar-refractivity contribution in [3.8, 4) is 0 Å². The molecule has 0 aliphatic rings. The molecule has 0 bridgehead atoms. The first-order valence-corrected chi connectivity index (χ1v) is 5.69. The van der Waals surface area contributed by atoms with E-state index in [0.717, 1.165) is 19.5 Å². The number of carbonyl (C=O) groups is 1. The SMILES string of the molecule is CCCN(CC=C(CC)C(=O)O)C(C)C. The normalized spacial score (nSPS) is 12.5. The van der Waals surface area contributed by atoms with E-state index in [1.54, 1.807) is 0 Å². The maximum atomic E-state index is 10.8. The lowest BCUT2D eigenvalue weighted by Gasteiger charge is -2.24. The van der Waals surface area contributed by atoms with Crippen LogP contribution in [0.1, 0.15) is 40.5 Å². The third kappa shape index (κ3) is 5.57. The van der Waals surface area contributed by atoms with Crippen molar-refractivity contribution in [1.29, 1.82) is 0 Å². The summed E-state index contributed by atoms with van der Waals surface area (Å²) in [7, 11) is 0. The van der Waals surface area contributed by atoms with E-state index in [4.69, 9.17) is 5.11 Å². The average molecular weight is 213 g/mol. The molecule has 0 atom stereocenters. The highest BCUT2D eigenvalue weighted by Gasteiger charge is 2.08. The Morgan fingerprint density at radius 3 is 2.33 bits per heavy atom. The molecule has 0 aromatic rings. The highest BCUT2D eigenvalue weighted by atomic mass is 16.4. The first-order chi connectivity index (χ1) is 7.02. The van der Waals surface area contributed by atoms with E-state index >= 15 is 0 Å². The van der Waals surface area contributed by atoms with Gasteiger partial charge in [-0.1, -0.05) is 19.9 Å². The van der Waals surface area contributed by atoms with Gasteiger partial charge in [0.25, 0.3) is 0 Å². The van der Waals surface area contributed by atoms with Crippen molar-refractivity contribution in [2.24, 2.45) is 0 Å². The quantitative estimate of drug-likeness (QED) is 0.661. The summed E-state index contributed by atoms with van der Waals surface area (Å²) in [4.78, 5) is 13.1. The molecule has 0 saturated heterocycles. The highest BCUT2D eigenvalue weighted by molar-refractivity contribution is 5.86. The molecule has 3 heteroatoms. The van der Waals surface area contributed by atoms with Gasteiger partial charge in [-0.05, 0) is 33.2 Å². The summed E-state index contributed by atoms with van der Waals surface area (Å²) in [6, 6.07) is 0.466. The van der Waals surface area contributed by atoms with Gasteiger partial charge in [0.05, 0.1) is 0 Å². The fourth-order valence-corrected chi connectivity index (χ4v) is 1.46. The Labute approximate surface area is 92.8 Å². The maximum Gasteiger partial charge on any atom is 0.331 e. The van der Waals surface area contributed by atoms with Gasteiger partial charge >= 0.3 is 5.97 Å². The summed E-state index contributed by atoms with van der Waals surface area (Å²) in [6.07, 6.45) is 3.52. The second-order valence-electron chi connectivity index (χ2n) is 3.98. The van der Waals surface area contributed by atoms with E-state index < -0.39 is 5.97 Å². The predicted molar refractivity (Wildman–Crippen MR) is 63.0 cm³/mol. The molecule has 0 aliphatic heterocycles. The summed E-state index contributed by atoms with van der Waals surface area (Å²) in [5.41, 5.74) is 0.511. The molecule has 0 aliphatic carbocycles. The number of rotatable bonds is 7. The Hall–Kier alpha value is -0.830. The van der Waals surface area contributed by atoms with Crippen LogP contribution in [0.25, 0.3) is 0 Å². The van der Waals surface area contributed by atoms with Gasteiger partial charge in [-0.2, -0.15) is 0 Å². The third-order valence-corrected chi connectivity index (χ3v) is 2.47. The topological polar surface area (TPSA) is 40.5 Å². The van der Waals surface area contributed by atoms with Crippen LogP contribution < -0.4 is 0 Å². The molecule has 0 aromatic heterocycles. The van der Waals surface area contributed by atoms with Gasteiger partial charge in [0.2, 0.25) is 0 Å². The zero-order valence-electron chi connectivity index (χ0n) is 10.3. The maximum absolute atomic E-state index is 10.8. The van der Waals surface area contributed by atoms with Crippen LogP contribution in [0.3, 0.4) is 0 Å². The van der Waals surface area contributed by atoms with E-state index in [1.807, 2.05) is 13.0 Å². The van der Waals surface area contributed by atoms with Gasteiger partial charge in [0.1, 0.15) is 0 Å². The largest absolute Gasteiger partial charge is 0.478 e. The van der Waals surface area contributed by atoms with Crippen LogP contribution in [0.4, 0.5) is 0 Å². The molecule has 0 saturated carbocycles. The van der Waals surface area contributed by atoms with Crippen molar-refractivity contribution < 1.29 is 9.90 Å². The second kappa shape index (κ2) is 7.46. The Morgan fingerprint density at radius 1 is 1.40 bits per heavy atom. The molecule has 88 valence electrons. The van der Waals surface area contributed by atoms with E-state index in [-0.39, 0.29) is 0 Å². The van der Waals surface area contributed by atoms with Gasteiger partial charge < -0.3 is 5.11 Å². The zero-order valence-corrected chi connectivity index (χ0v) is 10.3. The molecule has 0 amide bonds. The Morgan fingerprint density at radius 2 is 2.00 bits per heavy atom. The van der Waals surface area contributed by atoms with Gasteiger partial charge in [0, 0.05) is 18.2 Å². The van der Waals surface area contributed by atoms with Crippen molar-refractivity contribution in [2.75, 3.05) is 13.1 Å². The van der Waals surface area contributed by atoms with Crippen molar-refractivity contribution in [1.82, 2.24) is 4.90 Å². The van der Waals surface area contributed by atoms with Crippen LogP contribution >= 0.6 is 0 Å². The number of carboxylic acid groups (broad SMARTS) is 1. The Balaban J connectivity index is 4.34. The lowest BCUT2D eigenvalue weighted by atomic mass is 10.2. The minimum Gasteiger partial charge on any atom is -0.478 e. The molecule has 0 fully saturated rings. The van der Waals surface area contributed by atoms with Crippen molar-refractivity contribution in [3.05, 3.63) is 11.6 Å². The monoisotopic (exact) mass is 213 g/mol. The number of carboxylic acids is 1. The van der Waals surface area contributed by atoms with Crippen LogP contribution in [0, 0.1) is 0 Å². The summed E-state index contributed by atoms with van der Waals surface area (Å²) >= 11 is 0. The molecule has 3 nitrogen and oxygen atoms in total. The van der Waals surface area contributed by atoms with Crippen molar-refractivity contribution >= 4 is 5.97 Å². The lowest BCUT2D eigenvalue weighted by Crippen LogP contribution is -2.32. The predicted octanol–water partition coefficient (Wildman–Crippen LogP) is 2.53. The first-order valence-electron chi connectivity index (χ1n) is 5.69. The van der Waals surface area contributed by atoms with Gasteiger partial charge in [-0.3, -0.25) is 4.90 Å². The summed E-state index contributed by atoms with van der Waals surface area (Å²) in [6.45, 7) is 10.0. The molecular formula is C12H23NO2. The third-order valence-electron chi connectivity index (χ3n) is 2.47. The van der Waals surface area contributed by atoms with E-state index in [9.17, 15) is 4.79 Å².